The maximum Gasteiger partial charge on any atom is 0.322 e. The number of nitrogens with one attached hydrogen (secondary N) is 1. The molecule has 1 aromatic rings. The van der Waals surface area contributed by atoms with E-state index in [1.54, 1.807) is 6.07 Å². The highest BCUT2D eigenvalue weighted by Gasteiger charge is 2.19. The molecule has 2 heterocycles. The van der Waals surface area contributed by atoms with Crippen molar-refractivity contribution in [3.63, 3.8) is 0 Å². The van der Waals surface area contributed by atoms with Crippen LogP contribution in [0.25, 0.3) is 0 Å². The summed E-state index contributed by atoms with van der Waals surface area (Å²) >= 11 is 0. The molecule has 2 rings (SSSR count). The quantitative estimate of drug-likeness (QED) is 0.806. The molecule has 1 fully saturated rings. The zero-order valence-electron chi connectivity index (χ0n) is 10.9. The summed E-state index contributed by atoms with van der Waals surface area (Å²) in [5, 5.41) is 11.4. The fourth-order valence-electron chi connectivity index (χ4n) is 2.06. The van der Waals surface area contributed by atoms with E-state index >= 15 is 0 Å². The van der Waals surface area contributed by atoms with Crippen LogP contribution in [0.5, 0.6) is 0 Å². The molecule has 0 aliphatic carbocycles. The second-order valence-corrected chi connectivity index (χ2v) is 4.46. The topological polar surface area (TPSA) is 87.6 Å². The average Bonchev–Trinajstić information content (AvgIpc) is 2.45. The summed E-state index contributed by atoms with van der Waals surface area (Å²) in [5.41, 5.74) is 0. The van der Waals surface area contributed by atoms with Crippen molar-refractivity contribution in [1.82, 2.24) is 9.97 Å². The Bertz CT molecular complexity index is 435. The van der Waals surface area contributed by atoms with Crippen molar-refractivity contribution in [1.29, 1.82) is 0 Å². The van der Waals surface area contributed by atoms with Crippen molar-refractivity contribution >= 4 is 17.6 Å². The molecule has 19 heavy (non-hydrogen) atoms. The van der Waals surface area contributed by atoms with Crippen molar-refractivity contribution in [3.8, 4) is 0 Å². The summed E-state index contributed by atoms with van der Waals surface area (Å²) in [6.07, 6.45) is 3.38. The van der Waals surface area contributed by atoms with E-state index in [-0.39, 0.29) is 6.54 Å². The highest BCUT2D eigenvalue weighted by molar-refractivity contribution is 5.72. The number of ether oxygens (including phenoxy) is 1. The summed E-state index contributed by atoms with van der Waals surface area (Å²) in [7, 11) is 1.99. The van der Waals surface area contributed by atoms with Gasteiger partial charge in [0.1, 0.15) is 24.5 Å². The number of aromatic nitrogens is 2. The highest BCUT2D eigenvalue weighted by Crippen LogP contribution is 2.20. The maximum atomic E-state index is 10.5. The molecule has 7 heteroatoms. The molecule has 0 atom stereocenters. The molecular formula is C12H18N4O3. The normalized spacial score (nSPS) is 16.1. The van der Waals surface area contributed by atoms with Crippen LogP contribution in [0.1, 0.15) is 12.8 Å². The van der Waals surface area contributed by atoms with Crippen LogP contribution in [0, 0.1) is 0 Å². The summed E-state index contributed by atoms with van der Waals surface area (Å²) in [6.45, 7) is 1.38. The predicted molar refractivity (Wildman–Crippen MR) is 70.4 cm³/mol. The first kappa shape index (κ1) is 13.5. The molecule has 0 radical (unpaired) electrons. The largest absolute Gasteiger partial charge is 0.480 e. The van der Waals surface area contributed by atoms with Gasteiger partial charge in [-0.25, -0.2) is 9.97 Å². The Kier molecular flexibility index (Phi) is 4.51. The molecule has 1 saturated heterocycles. The van der Waals surface area contributed by atoms with Crippen molar-refractivity contribution in [2.45, 2.75) is 18.9 Å². The lowest BCUT2D eigenvalue weighted by molar-refractivity contribution is -0.134. The molecule has 1 aromatic heterocycles. The Morgan fingerprint density at radius 2 is 2.26 bits per heavy atom. The van der Waals surface area contributed by atoms with E-state index in [4.69, 9.17) is 9.84 Å². The Hall–Kier alpha value is -1.89. The molecule has 0 amide bonds. The number of carboxylic acids is 1. The van der Waals surface area contributed by atoms with E-state index < -0.39 is 5.97 Å². The smallest absolute Gasteiger partial charge is 0.322 e. The third-order valence-corrected chi connectivity index (χ3v) is 3.17. The molecule has 0 saturated carbocycles. The van der Waals surface area contributed by atoms with Gasteiger partial charge in [0.25, 0.3) is 0 Å². The summed E-state index contributed by atoms with van der Waals surface area (Å²) in [4.78, 5) is 20.8. The minimum atomic E-state index is -0.919. The average molecular weight is 266 g/mol. The van der Waals surface area contributed by atoms with Gasteiger partial charge in [-0.1, -0.05) is 0 Å². The van der Waals surface area contributed by atoms with Crippen LogP contribution < -0.4 is 10.2 Å². The van der Waals surface area contributed by atoms with Gasteiger partial charge in [0.05, 0.1) is 0 Å². The molecule has 0 bridgehead atoms. The Morgan fingerprint density at radius 1 is 1.53 bits per heavy atom. The lowest BCUT2D eigenvalue weighted by atomic mass is 10.1. The molecule has 0 spiro atoms. The first-order valence-corrected chi connectivity index (χ1v) is 6.25. The Labute approximate surface area is 111 Å². The van der Waals surface area contributed by atoms with Gasteiger partial charge in [-0.15, -0.1) is 0 Å². The number of nitrogens with zero attached hydrogens (tertiary/aromatic N) is 3. The molecular weight excluding hydrogens is 248 g/mol. The van der Waals surface area contributed by atoms with Gasteiger partial charge in [0, 0.05) is 32.4 Å². The van der Waals surface area contributed by atoms with Crippen molar-refractivity contribution in [2.75, 3.05) is 37.0 Å². The van der Waals surface area contributed by atoms with Crippen LogP contribution in [-0.2, 0) is 9.53 Å². The van der Waals surface area contributed by atoms with Gasteiger partial charge in [-0.05, 0) is 12.8 Å². The van der Waals surface area contributed by atoms with Gasteiger partial charge in [-0.2, -0.15) is 0 Å². The van der Waals surface area contributed by atoms with E-state index in [9.17, 15) is 4.79 Å². The van der Waals surface area contributed by atoms with E-state index in [1.165, 1.54) is 6.33 Å². The number of hydrogen-bond donors (Lipinski definition) is 2. The van der Waals surface area contributed by atoms with Crippen LogP contribution in [0.2, 0.25) is 0 Å². The number of aliphatic carboxylic acids is 1. The maximum absolute atomic E-state index is 10.5. The van der Waals surface area contributed by atoms with Crippen molar-refractivity contribution < 1.29 is 14.6 Å². The molecule has 0 aromatic carbocycles. The van der Waals surface area contributed by atoms with E-state index in [0.717, 1.165) is 31.9 Å². The molecule has 1 aliphatic rings. The lowest BCUT2D eigenvalue weighted by Crippen LogP contribution is -2.37. The first-order valence-electron chi connectivity index (χ1n) is 6.25. The first-order chi connectivity index (χ1) is 9.16. The SMILES string of the molecule is CN(c1cc(NCC(=O)O)ncn1)C1CCOCC1. The van der Waals surface area contributed by atoms with Gasteiger partial charge >= 0.3 is 5.97 Å². The standard InChI is InChI=1S/C12H18N4O3/c1-16(9-2-4-19-5-3-9)11-6-10(14-8-15-11)13-7-12(17)18/h6,8-9H,2-5,7H2,1H3,(H,17,18)(H,13,14,15). The highest BCUT2D eigenvalue weighted by atomic mass is 16.5. The van der Waals surface area contributed by atoms with E-state index in [2.05, 4.69) is 20.2 Å². The molecule has 2 N–H and O–H groups in total. The van der Waals surface area contributed by atoms with Gasteiger partial charge < -0.3 is 20.1 Å². The lowest BCUT2D eigenvalue weighted by Gasteiger charge is -2.32. The van der Waals surface area contributed by atoms with E-state index in [0.29, 0.717) is 11.9 Å². The Balaban J connectivity index is 2.02. The van der Waals surface area contributed by atoms with Gasteiger partial charge in [0.15, 0.2) is 0 Å². The van der Waals surface area contributed by atoms with Crippen LogP contribution in [0.3, 0.4) is 0 Å². The van der Waals surface area contributed by atoms with Crippen LogP contribution >= 0.6 is 0 Å². The monoisotopic (exact) mass is 266 g/mol. The summed E-state index contributed by atoms with van der Waals surface area (Å²) < 4.78 is 5.34. The van der Waals surface area contributed by atoms with Crippen LogP contribution in [0.15, 0.2) is 12.4 Å². The van der Waals surface area contributed by atoms with Gasteiger partial charge in [-0.3, -0.25) is 4.79 Å². The van der Waals surface area contributed by atoms with Gasteiger partial charge in [0.2, 0.25) is 0 Å². The Morgan fingerprint density at radius 3 is 2.95 bits per heavy atom. The molecule has 104 valence electrons. The fraction of sp³-hybridized carbons (Fsp3) is 0.583. The summed E-state index contributed by atoms with van der Waals surface area (Å²) in [6, 6.07) is 2.16. The number of carbonyl (C=O) groups is 1. The zero-order valence-corrected chi connectivity index (χ0v) is 10.9. The second kappa shape index (κ2) is 6.33. The number of rotatable bonds is 5. The molecule has 0 unspecified atom stereocenters. The molecule has 7 nitrogen and oxygen atoms in total. The second-order valence-electron chi connectivity index (χ2n) is 4.46. The van der Waals surface area contributed by atoms with Crippen LogP contribution in [-0.4, -0.2) is 53.9 Å². The third-order valence-electron chi connectivity index (χ3n) is 3.17. The van der Waals surface area contributed by atoms with Crippen molar-refractivity contribution in [2.24, 2.45) is 0 Å². The third kappa shape index (κ3) is 3.78. The van der Waals surface area contributed by atoms with Crippen molar-refractivity contribution in [3.05, 3.63) is 12.4 Å². The van der Waals surface area contributed by atoms with E-state index in [1.807, 2.05) is 7.05 Å². The zero-order chi connectivity index (χ0) is 13.7. The molecule has 1 aliphatic heterocycles. The predicted octanol–water partition coefficient (Wildman–Crippen LogP) is 0.588. The minimum Gasteiger partial charge on any atom is -0.480 e. The minimum absolute atomic E-state index is 0.155. The number of carboxylic acid groups (broad SMARTS) is 1. The fourth-order valence-corrected chi connectivity index (χ4v) is 2.06. The number of hydrogen-bond acceptors (Lipinski definition) is 6. The summed E-state index contributed by atoms with van der Waals surface area (Å²) in [5.74, 6) is 0.388. The number of anilines is 2. The van der Waals surface area contributed by atoms with Crippen LogP contribution in [0.4, 0.5) is 11.6 Å².